The van der Waals surface area contributed by atoms with Crippen molar-refractivity contribution in [1.82, 2.24) is 9.97 Å². The van der Waals surface area contributed by atoms with Gasteiger partial charge in [0.05, 0.1) is 17.6 Å². The number of hydrogen-bond donors (Lipinski definition) is 3. The Bertz CT molecular complexity index is 797. The highest BCUT2D eigenvalue weighted by molar-refractivity contribution is 7.16. The molecule has 0 aromatic carbocycles. The molecular weight excluding hydrogens is 348 g/mol. The van der Waals surface area contributed by atoms with E-state index in [9.17, 15) is 4.79 Å². The summed E-state index contributed by atoms with van der Waals surface area (Å²) in [5.74, 6) is -0.315. The van der Waals surface area contributed by atoms with E-state index in [4.69, 9.17) is 11.5 Å². The van der Waals surface area contributed by atoms with Crippen molar-refractivity contribution in [2.24, 2.45) is 5.73 Å². The van der Waals surface area contributed by atoms with E-state index in [1.807, 2.05) is 26.8 Å². The summed E-state index contributed by atoms with van der Waals surface area (Å²) >= 11 is 1.36. The number of pyridine rings is 1. The average Bonchev–Trinajstić information content (AvgIpc) is 2.97. The van der Waals surface area contributed by atoms with Gasteiger partial charge in [0.2, 0.25) is 0 Å². The fourth-order valence-corrected chi connectivity index (χ4v) is 3.87. The summed E-state index contributed by atoms with van der Waals surface area (Å²) in [5.41, 5.74) is 13.8. The van der Waals surface area contributed by atoms with E-state index >= 15 is 0 Å². The summed E-state index contributed by atoms with van der Waals surface area (Å²) in [6.45, 7) is 7.82. The molecule has 1 aliphatic rings. The molecule has 140 valence electrons. The molecule has 0 aliphatic carbocycles. The zero-order chi connectivity index (χ0) is 18.9. The lowest BCUT2D eigenvalue weighted by Crippen LogP contribution is -2.43. The van der Waals surface area contributed by atoms with Crippen molar-refractivity contribution in [3.63, 3.8) is 0 Å². The minimum atomic E-state index is -0.315. The standard InChI is InChI=1S/C18H26N6OS/c1-18(2,3)17-23-14(15(20)26-17)16(25)22-12-9-21-7-6-13(12)24-8-4-5-11(19)10-24/h6-7,9,11H,4-5,8,10,19-20H2,1-3H3,(H,22,25). The van der Waals surface area contributed by atoms with Crippen LogP contribution in [0.4, 0.5) is 16.4 Å². The van der Waals surface area contributed by atoms with Crippen molar-refractivity contribution in [3.05, 3.63) is 29.2 Å². The molecule has 2 aromatic heterocycles. The van der Waals surface area contributed by atoms with Crippen molar-refractivity contribution in [1.29, 1.82) is 0 Å². The number of thiazole rings is 1. The third-order valence-electron chi connectivity index (χ3n) is 4.35. The number of nitrogens with one attached hydrogen (secondary N) is 1. The van der Waals surface area contributed by atoms with Gasteiger partial charge in [0, 0.05) is 30.7 Å². The van der Waals surface area contributed by atoms with Crippen molar-refractivity contribution in [3.8, 4) is 0 Å². The van der Waals surface area contributed by atoms with Crippen LogP contribution in [0.25, 0.3) is 0 Å². The number of carbonyl (C=O) groups excluding carboxylic acids is 1. The largest absolute Gasteiger partial charge is 0.389 e. The summed E-state index contributed by atoms with van der Waals surface area (Å²) in [6.07, 6.45) is 5.43. The van der Waals surface area contributed by atoms with E-state index in [-0.39, 0.29) is 23.1 Å². The number of aromatic nitrogens is 2. The Morgan fingerprint density at radius 1 is 1.42 bits per heavy atom. The van der Waals surface area contributed by atoms with Crippen molar-refractivity contribution < 1.29 is 4.79 Å². The molecule has 2 aromatic rings. The molecule has 0 spiro atoms. The molecule has 1 fully saturated rings. The van der Waals surface area contributed by atoms with Gasteiger partial charge in [-0.15, -0.1) is 11.3 Å². The quantitative estimate of drug-likeness (QED) is 0.762. The highest BCUT2D eigenvalue weighted by Gasteiger charge is 2.25. The molecule has 1 amide bonds. The third-order valence-corrected chi connectivity index (χ3v) is 5.67. The third kappa shape index (κ3) is 3.96. The monoisotopic (exact) mass is 374 g/mol. The molecule has 3 rings (SSSR count). The molecule has 7 nitrogen and oxygen atoms in total. The number of rotatable bonds is 3. The maximum atomic E-state index is 12.8. The number of nitrogens with zero attached hydrogens (tertiary/aromatic N) is 3. The number of nitrogens with two attached hydrogens (primary N) is 2. The van der Waals surface area contributed by atoms with Gasteiger partial charge < -0.3 is 21.7 Å². The maximum Gasteiger partial charge on any atom is 0.277 e. The Morgan fingerprint density at radius 2 is 2.19 bits per heavy atom. The van der Waals surface area contributed by atoms with E-state index in [2.05, 4.69) is 20.2 Å². The average molecular weight is 375 g/mol. The molecular formula is C18H26N6OS. The van der Waals surface area contributed by atoms with E-state index in [1.54, 1.807) is 12.4 Å². The SMILES string of the molecule is CC(C)(C)c1nc(C(=O)Nc2cnccc2N2CCCC(N)C2)c(N)s1. The van der Waals surface area contributed by atoms with Crippen LogP contribution in [0.15, 0.2) is 18.5 Å². The minimum absolute atomic E-state index is 0.143. The van der Waals surface area contributed by atoms with Crippen LogP contribution in [0.3, 0.4) is 0 Å². The zero-order valence-corrected chi connectivity index (χ0v) is 16.3. The second kappa shape index (κ2) is 7.20. The highest BCUT2D eigenvalue weighted by atomic mass is 32.1. The minimum Gasteiger partial charge on any atom is -0.389 e. The van der Waals surface area contributed by atoms with Crippen LogP contribution in [-0.2, 0) is 5.41 Å². The molecule has 26 heavy (non-hydrogen) atoms. The van der Waals surface area contributed by atoms with E-state index in [0.29, 0.717) is 10.7 Å². The fraction of sp³-hybridized carbons (Fsp3) is 0.500. The molecule has 0 radical (unpaired) electrons. The Balaban J connectivity index is 1.83. The first-order valence-electron chi connectivity index (χ1n) is 8.78. The van der Waals surface area contributed by atoms with E-state index in [0.717, 1.165) is 36.6 Å². The predicted octanol–water partition coefficient (Wildman–Crippen LogP) is 2.60. The normalized spacial score (nSPS) is 18.0. The van der Waals surface area contributed by atoms with Gasteiger partial charge in [-0.2, -0.15) is 0 Å². The van der Waals surface area contributed by atoms with Gasteiger partial charge >= 0.3 is 0 Å². The van der Waals surface area contributed by atoms with Crippen molar-refractivity contribution in [2.75, 3.05) is 29.0 Å². The van der Waals surface area contributed by atoms with Crippen LogP contribution in [-0.4, -0.2) is 35.0 Å². The van der Waals surface area contributed by atoms with Gasteiger partial charge in [-0.3, -0.25) is 9.78 Å². The summed E-state index contributed by atoms with van der Waals surface area (Å²) < 4.78 is 0. The fourth-order valence-electron chi connectivity index (χ4n) is 2.98. The maximum absolute atomic E-state index is 12.8. The van der Waals surface area contributed by atoms with Crippen LogP contribution in [0, 0.1) is 0 Å². The van der Waals surface area contributed by atoms with Gasteiger partial charge in [0.1, 0.15) is 10.0 Å². The topological polar surface area (TPSA) is 110 Å². The smallest absolute Gasteiger partial charge is 0.277 e. The summed E-state index contributed by atoms with van der Waals surface area (Å²) in [5, 5.41) is 4.19. The second-order valence-electron chi connectivity index (χ2n) is 7.68. The highest BCUT2D eigenvalue weighted by Crippen LogP contribution is 2.32. The number of nitrogen functional groups attached to an aromatic ring is 1. The molecule has 1 atom stereocenters. The lowest BCUT2D eigenvalue weighted by atomic mass is 9.98. The lowest BCUT2D eigenvalue weighted by molar-refractivity contribution is 0.102. The number of anilines is 3. The molecule has 0 bridgehead atoms. The molecule has 1 unspecified atom stereocenters. The van der Waals surface area contributed by atoms with Crippen LogP contribution in [0.1, 0.15) is 49.1 Å². The number of hydrogen-bond acceptors (Lipinski definition) is 7. The summed E-state index contributed by atoms with van der Waals surface area (Å²) in [4.78, 5) is 23.6. The first kappa shape index (κ1) is 18.6. The van der Waals surface area contributed by atoms with Gasteiger partial charge in [-0.25, -0.2) is 4.98 Å². The first-order valence-corrected chi connectivity index (χ1v) is 9.60. The molecule has 1 saturated heterocycles. The summed E-state index contributed by atoms with van der Waals surface area (Å²) in [7, 11) is 0. The van der Waals surface area contributed by atoms with Crippen LogP contribution in [0.2, 0.25) is 0 Å². The number of piperidine rings is 1. The van der Waals surface area contributed by atoms with Crippen LogP contribution < -0.4 is 21.7 Å². The van der Waals surface area contributed by atoms with E-state index in [1.165, 1.54) is 11.3 Å². The molecule has 8 heteroatoms. The van der Waals surface area contributed by atoms with Gasteiger partial charge in [-0.1, -0.05) is 20.8 Å². The summed E-state index contributed by atoms with van der Waals surface area (Å²) in [6, 6.07) is 2.04. The predicted molar refractivity (Wildman–Crippen MR) is 107 cm³/mol. The Labute approximate surface area is 157 Å². The van der Waals surface area contributed by atoms with Gasteiger partial charge in [0.25, 0.3) is 5.91 Å². The van der Waals surface area contributed by atoms with Crippen molar-refractivity contribution >= 4 is 33.6 Å². The van der Waals surface area contributed by atoms with Gasteiger partial charge in [0.15, 0.2) is 5.69 Å². The van der Waals surface area contributed by atoms with Gasteiger partial charge in [-0.05, 0) is 18.9 Å². The second-order valence-corrected chi connectivity index (χ2v) is 8.71. The number of amides is 1. The molecule has 5 N–H and O–H groups in total. The Hall–Kier alpha value is -2.19. The Morgan fingerprint density at radius 3 is 2.85 bits per heavy atom. The first-order chi connectivity index (χ1) is 12.3. The van der Waals surface area contributed by atoms with Crippen LogP contribution in [0.5, 0.6) is 0 Å². The van der Waals surface area contributed by atoms with Crippen molar-refractivity contribution in [2.45, 2.75) is 45.1 Å². The zero-order valence-electron chi connectivity index (χ0n) is 15.5. The van der Waals surface area contributed by atoms with Crippen LogP contribution >= 0.6 is 11.3 Å². The molecule has 3 heterocycles. The Kier molecular flexibility index (Phi) is 5.15. The molecule has 0 saturated carbocycles. The van der Waals surface area contributed by atoms with E-state index < -0.39 is 0 Å². The molecule has 1 aliphatic heterocycles. The lowest BCUT2D eigenvalue weighted by Gasteiger charge is -2.33. The number of carbonyl (C=O) groups is 1.